The summed E-state index contributed by atoms with van der Waals surface area (Å²) in [7, 11) is 0. The molecule has 0 aromatic heterocycles. The van der Waals surface area contributed by atoms with Crippen molar-refractivity contribution >= 4 is 11.9 Å². The molecular weight excluding hydrogens is 290 g/mol. The molecule has 0 heterocycles. The van der Waals surface area contributed by atoms with Crippen LogP contribution >= 0.6 is 0 Å². The third kappa shape index (κ3) is 5.70. The summed E-state index contributed by atoms with van der Waals surface area (Å²) in [6, 6.07) is 9.39. The summed E-state index contributed by atoms with van der Waals surface area (Å²) >= 11 is 0. The Balaban J connectivity index is 1.95. The van der Waals surface area contributed by atoms with E-state index < -0.39 is 5.97 Å². The van der Waals surface area contributed by atoms with Crippen molar-refractivity contribution < 1.29 is 14.7 Å². The molecule has 0 spiro atoms. The van der Waals surface area contributed by atoms with Gasteiger partial charge in [-0.1, -0.05) is 62.9 Å². The van der Waals surface area contributed by atoms with Crippen molar-refractivity contribution in [3.63, 3.8) is 0 Å². The highest BCUT2D eigenvalue weighted by atomic mass is 16.4. The standard InChI is InChI=1S/C19H27NO3/c1-14(13-15-7-5-6-8-15)19(23)20-17(11-12-18(21)22)16-9-3-2-4-10-16/h2-4,9-10,14-15,17H,5-8,11-13H2,1H3,(H,20,23)(H,21,22). The second-order valence-corrected chi connectivity index (χ2v) is 6.69. The number of hydrogen-bond donors (Lipinski definition) is 2. The molecule has 2 N–H and O–H groups in total. The Hall–Kier alpha value is -1.84. The summed E-state index contributed by atoms with van der Waals surface area (Å²) in [4.78, 5) is 23.4. The van der Waals surface area contributed by atoms with E-state index in [1.807, 2.05) is 37.3 Å². The molecule has 2 unspecified atom stereocenters. The molecule has 1 aliphatic rings. The van der Waals surface area contributed by atoms with Crippen LogP contribution in [0.4, 0.5) is 0 Å². The van der Waals surface area contributed by atoms with Crippen molar-refractivity contribution in [2.45, 2.75) is 57.9 Å². The molecule has 0 bridgehead atoms. The number of hydrogen-bond acceptors (Lipinski definition) is 2. The molecule has 1 saturated carbocycles. The molecule has 2 atom stereocenters. The number of carboxylic acid groups (broad SMARTS) is 1. The average molecular weight is 317 g/mol. The third-order valence-corrected chi connectivity index (χ3v) is 4.77. The number of aliphatic carboxylic acids is 1. The van der Waals surface area contributed by atoms with Crippen molar-refractivity contribution in [3.8, 4) is 0 Å². The van der Waals surface area contributed by atoms with E-state index in [4.69, 9.17) is 5.11 Å². The van der Waals surface area contributed by atoms with Gasteiger partial charge >= 0.3 is 5.97 Å². The number of carboxylic acids is 1. The lowest BCUT2D eigenvalue weighted by Gasteiger charge is -2.22. The summed E-state index contributed by atoms with van der Waals surface area (Å²) in [5.74, 6) is -0.144. The maximum absolute atomic E-state index is 12.5. The Morgan fingerprint density at radius 2 is 1.87 bits per heavy atom. The largest absolute Gasteiger partial charge is 0.481 e. The van der Waals surface area contributed by atoms with Gasteiger partial charge in [-0.05, 0) is 24.3 Å². The van der Waals surface area contributed by atoms with Crippen LogP contribution in [-0.2, 0) is 9.59 Å². The Morgan fingerprint density at radius 3 is 2.48 bits per heavy atom. The summed E-state index contributed by atoms with van der Waals surface area (Å²) in [6.45, 7) is 1.98. The zero-order chi connectivity index (χ0) is 16.7. The van der Waals surface area contributed by atoms with E-state index >= 15 is 0 Å². The van der Waals surface area contributed by atoms with Gasteiger partial charge in [-0.15, -0.1) is 0 Å². The van der Waals surface area contributed by atoms with Crippen molar-refractivity contribution in [1.82, 2.24) is 5.32 Å². The second-order valence-electron chi connectivity index (χ2n) is 6.69. The zero-order valence-electron chi connectivity index (χ0n) is 13.8. The molecule has 4 nitrogen and oxygen atoms in total. The van der Waals surface area contributed by atoms with Crippen LogP contribution in [-0.4, -0.2) is 17.0 Å². The Bertz CT molecular complexity index is 509. The van der Waals surface area contributed by atoms with Gasteiger partial charge in [-0.3, -0.25) is 9.59 Å². The van der Waals surface area contributed by atoms with Gasteiger partial charge in [0.05, 0.1) is 6.04 Å². The molecule has 126 valence electrons. The van der Waals surface area contributed by atoms with Crippen molar-refractivity contribution in [3.05, 3.63) is 35.9 Å². The summed E-state index contributed by atoms with van der Waals surface area (Å²) in [5.41, 5.74) is 0.968. The second kappa shape index (κ2) is 8.70. The van der Waals surface area contributed by atoms with Crippen LogP contribution in [0.3, 0.4) is 0 Å². The van der Waals surface area contributed by atoms with Gasteiger partial charge in [0.1, 0.15) is 0 Å². The molecular formula is C19H27NO3. The molecule has 2 rings (SSSR count). The lowest BCUT2D eigenvalue weighted by atomic mass is 9.93. The predicted molar refractivity (Wildman–Crippen MR) is 89.9 cm³/mol. The number of carbonyl (C=O) groups excluding carboxylic acids is 1. The Labute approximate surface area is 138 Å². The molecule has 1 aliphatic carbocycles. The zero-order valence-corrected chi connectivity index (χ0v) is 13.8. The quantitative estimate of drug-likeness (QED) is 0.763. The van der Waals surface area contributed by atoms with Gasteiger partial charge in [0, 0.05) is 12.3 Å². The molecule has 1 fully saturated rings. The first kappa shape index (κ1) is 17.5. The number of rotatable bonds is 8. The van der Waals surface area contributed by atoms with Crippen LogP contribution in [0.15, 0.2) is 30.3 Å². The van der Waals surface area contributed by atoms with Crippen LogP contribution in [0.1, 0.15) is 63.5 Å². The minimum absolute atomic E-state index is 0.0193. The highest BCUT2D eigenvalue weighted by Crippen LogP contribution is 2.30. The lowest BCUT2D eigenvalue weighted by Crippen LogP contribution is -2.34. The maximum Gasteiger partial charge on any atom is 0.303 e. The van der Waals surface area contributed by atoms with Gasteiger partial charge in [0.2, 0.25) is 5.91 Å². The van der Waals surface area contributed by atoms with E-state index in [0.717, 1.165) is 12.0 Å². The molecule has 1 aromatic carbocycles. The first-order valence-corrected chi connectivity index (χ1v) is 8.63. The summed E-state index contributed by atoms with van der Waals surface area (Å²) in [6.07, 6.45) is 6.44. The fourth-order valence-electron chi connectivity index (χ4n) is 3.44. The van der Waals surface area contributed by atoms with Crippen LogP contribution < -0.4 is 5.32 Å². The third-order valence-electron chi connectivity index (χ3n) is 4.77. The number of nitrogens with one attached hydrogen (secondary N) is 1. The maximum atomic E-state index is 12.5. The summed E-state index contributed by atoms with van der Waals surface area (Å²) < 4.78 is 0. The Morgan fingerprint density at radius 1 is 1.22 bits per heavy atom. The van der Waals surface area contributed by atoms with Crippen LogP contribution in [0, 0.1) is 11.8 Å². The van der Waals surface area contributed by atoms with Crippen LogP contribution in [0.2, 0.25) is 0 Å². The fraction of sp³-hybridized carbons (Fsp3) is 0.579. The monoisotopic (exact) mass is 317 g/mol. The number of amides is 1. The first-order chi connectivity index (χ1) is 11.1. The molecule has 0 radical (unpaired) electrons. The van der Waals surface area contributed by atoms with E-state index in [9.17, 15) is 9.59 Å². The van der Waals surface area contributed by atoms with Crippen molar-refractivity contribution in [2.24, 2.45) is 11.8 Å². The average Bonchev–Trinajstić information content (AvgIpc) is 3.04. The van der Waals surface area contributed by atoms with Gasteiger partial charge in [0.25, 0.3) is 0 Å². The van der Waals surface area contributed by atoms with E-state index in [1.165, 1.54) is 25.7 Å². The number of benzene rings is 1. The highest BCUT2D eigenvalue weighted by Gasteiger charge is 2.24. The topological polar surface area (TPSA) is 66.4 Å². The molecule has 23 heavy (non-hydrogen) atoms. The molecule has 0 saturated heterocycles. The van der Waals surface area contributed by atoms with E-state index in [0.29, 0.717) is 12.3 Å². The SMILES string of the molecule is CC(CC1CCCC1)C(=O)NC(CCC(=O)O)c1ccccc1. The molecule has 1 amide bonds. The minimum Gasteiger partial charge on any atom is -0.481 e. The number of carbonyl (C=O) groups is 2. The van der Waals surface area contributed by atoms with E-state index in [-0.39, 0.29) is 24.3 Å². The normalized spacial score (nSPS) is 17.6. The summed E-state index contributed by atoms with van der Waals surface area (Å²) in [5, 5.41) is 12.0. The smallest absolute Gasteiger partial charge is 0.303 e. The first-order valence-electron chi connectivity index (χ1n) is 8.63. The molecule has 4 heteroatoms. The molecule has 1 aromatic rings. The van der Waals surface area contributed by atoms with Gasteiger partial charge in [-0.2, -0.15) is 0 Å². The van der Waals surface area contributed by atoms with E-state index in [1.54, 1.807) is 0 Å². The van der Waals surface area contributed by atoms with Gasteiger partial charge in [-0.25, -0.2) is 0 Å². The van der Waals surface area contributed by atoms with E-state index in [2.05, 4.69) is 5.32 Å². The minimum atomic E-state index is -0.834. The van der Waals surface area contributed by atoms with Gasteiger partial charge in [0.15, 0.2) is 0 Å². The van der Waals surface area contributed by atoms with Gasteiger partial charge < -0.3 is 10.4 Å². The van der Waals surface area contributed by atoms with Crippen LogP contribution in [0.5, 0.6) is 0 Å². The molecule has 0 aliphatic heterocycles. The van der Waals surface area contributed by atoms with Crippen molar-refractivity contribution in [2.75, 3.05) is 0 Å². The highest BCUT2D eigenvalue weighted by molar-refractivity contribution is 5.78. The van der Waals surface area contributed by atoms with Crippen LogP contribution in [0.25, 0.3) is 0 Å². The van der Waals surface area contributed by atoms with Crippen molar-refractivity contribution in [1.29, 1.82) is 0 Å². The predicted octanol–water partition coefficient (Wildman–Crippen LogP) is 3.93. The Kier molecular flexibility index (Phi) is 6.63. The lowest BCUT2D eigenvalue weighted by molar-refractivity contribution is -0.137. The fourth-order valence-corrected chi connectivity index (χ4v) is 3.44.